The van der Waals surface area contributed by atoms with Crippen LogP contribution in [0.2, 0.25) is 0 Å². The van der Waals surface area contributed by atoms with Crippen molar-refractivity contribution in [1.82, 2.24) is 4.90 Å². The molecule has 1 saturated heterocycles. The summed E-state index contributed by atoms with van der Waals surface area (Å²) >= 11 is 5.85. The lowest BCUT2D eigenvalue weighted by Gasteiger charge is -2.27. The first-order valence-corrected chi connectivity index (χ1v) is 9.83. The molecule has 5 nitrogen and oxygen atoms in total. The maximum absolute atomic E-state index is 13.2. The van der Waals surface area contributed by atoms with E-state index in [2.05, 4.69) is 6.58 Å². The van der Waals surface area contributed by atoms with Crippen molar-refractivity contribution in [2.45, 2.75) is 31.7 Å². The number of rotatable bonds is 5. The quantitative estimate of drug-likeness (QED) is 0.703. The van der Waals surface area contributed by atoms with Crippen LogP contribution in [-0.4, -0.2) is 35.0 Å². The summed E-state index contributed by atoms with van der Waals surface area (Å²) in [5.41, 5.74) is 3.30. The van der Waals surface area contributed by atoms with E-state index in [1.807, 2.05) is 54.6 Å². The van der Waals surface area contributed by atoms with Gasteiger partial charge >= 0.3 is 6.09 Å². The van der Waals surface area contributed by atoms with Crippen LogP contribution in [0.1, 0.15) is 24.0 Å². The summed E-state index contributed by atoms with van der Waals surface area (Å²) in [6.45, 7) is 4.32. The molecule has 4 rings (SSSR count). The second-order valence-electron chi connectivity index (χ2n) is 6.92. The predicted octanol–water partition coefficient (Wildman–Crippen LogP) is 4.41. The normalized spacial score (nSPS) is 20.3. The average Bonchev–Trinajstić information content (AvgIpc) is 3.18. The van der Waals surface area contributed by atoms with Gasteiger partial charge in [-0.25, -0.2) is 4.79 Å². The van der Waals surface area contributed by atoms with E-state index in [0.29, 0.717) is 18.7 Å². The average molecular weight is 397 g/mol. The number of para-hydroxylation sites is 1. The first-order valence-electron chi connectivity index (χ1n) is 9.29. The number of alkyl halides is 1. The maximum Gasteiger partial charge on any atom is 0.412 e. The Morgan fingerprint density at radius 1 is 1.11 bits per heavy atom. The van der Waals surface area contributed by atoms with Crippen LogP contribution in [-0.2, 0) is 16.1 Å². The second-order valence-corrected chi connectivity index (χ2v) is 7.30. The topological polar surface area (TPSA) is 49.9 Å². The molecule has 0 spiro atoms. The fourth-order valence-electron chi connectivity index (χ4n) is 3.92. The summed E-state index contributed by atoms with van der Waals surface area (Å²) in [5.74, 6) is 0.316. The van der Waals surface area contributed by atoms with Gasteiger partial charge in [-0.15, -0.1) is 11.6 Å². The molecule has 6 heteroatoms. The van der Waals surface area contributed by atoms with Crippen molar-refractivity contribution >= 4 is 34.9 Å². The third-order valence-electron chi connectivity index (χ3n) is 5.21. The molecule has 2 aromatic carbocycles. The number of amides is 2. The van der Waals surface area contributed by atoms with E-state index in [1.54, 1.807) is 4.90 Å². The Labute approximate surface area is 169 Å². The van der Waals surface area contributed by atoms with Gasteiger partial charge in [-0.2, -0.15) is 0 Å². The Hall–Kier alpha value is -2.79. The lowest BCUT2D eigenvalue weighted by atomic mass is 10.1. The molecule has 2 aliphatic rings. The molecule has 0 bridgehead atoms. The minimum absolute atomic E-state index is 0.113. The minimum Gasteiger partial charge on any atom is -0.444 e. The molecule has 0 aromatic heterocycles. The number of carbonyl (C=O) groups is 2. The summed E-state index contributed by atoms with van der Waals surface area (Å²) in [7, 11) is 0. The standard InChI is InChI=1S/C22H21ClN2O3/c1-15-17-10-5-6-11-18(17)24-20(15)25(19(21(24)26)12-7-13-23)22(27)28-14-16-8-3-2-4-9-16/h2-6,8-11,19-20H,1,7,12-14H2/t19-,20+/m0/s1. The number of hydrogen-bond donors (Lipinski definition) is 0. The van der Waals surface area contributed by atoms with E-state index in [9.17, 15) is 9.59 Å². The highest BCUT2D eigenvalue weighted by Gasteiger charge is 2.54. The van der Waals surface area contributed by atoms with Crippen LogP contribution < -0.4 is 4.90 Å². The zero-order valence-corrected chi connectivity index (χ0v) is 16.1. The summed E-state index contributed by atoms with van der Waals surface area (Å²) in [6, 6.07) is 16.5. The largest absolute Gasteiger partial charge is 0.444 e. The minimum atomic E-state index is -0.600. The highest BCUT2D eigenvalue weighted by atomic mass is 35.5. The Balaban J connectivity index is 1.62. The maximum atomic E-state index is 13.2. The van der Waals surface area contributed by atoms with Crippen LogP contribution in [0.5, 0.6) is 0 Å². The number of halogens is 1. The van der Waals surface area contributed by atoms with Crippen molar-refractivity contribution in [3.8, 4) is 0 Å². The molecule has 0 N–H and O–H groups in total. The van der Waals surface area contributed by atoms with Crippen molar-refractivity contribution in [1.29, 1.82) is 0 Å². The van der Waals surface area contributed by atoms with Crippen LogP contribution in [0.25, 0.3) is 5.57 Å². The molecule has 1 fully saturated rings. The third-order valence-corrected chi connectivity index (χ3v) is 5.48. The molecular weight excluding hydrogens is 376 g/mol. The predicted molar refractivity (Wildman–Crippen MR) is 109 cm³/mol. The Kier molecular flexibility index (Phi) is 5.09. The zero-order valence-electron chi connectivity index (χ0n) is 15.4. The number of fused-ring (bicyclic) bond motifs is 3. The zero-order chi connectivity index (χ0) is 19.7. The summed E-state index contributed by atoms with van der Waals surface area (Å²) in [4.78, 5) is 29.4. The van der Waals surface area contributed by atoms with Gasteiger partial charge in [0.05, 0.1) is 5.69 Å². The Morgan fingerprint density at radius 2 is 1.82 bits per heavy atom. The summed E-state index contributed by atoms with van der Waals surface area (Å²) in [5, 5.41) is 0. The van der Waals surface area contributed by atoms with E-state index >= 15 is 0 Å². The molecule has 2 aromatic rings. The van der Waals surface area contributed by atoms with Gasteiger partial charge in [-0.3, -0.25) is 14.6 Å². The number of hydrogen-bond acceptors (Lipinski definition) is 3. The lowest BCUT2D eigenvalue weighted by Crippen LogP contribution is -2.44. The molecule has 2 atom stereocenters. The van der Waals surface area contributed by atoms with Gasteiger partial charge in [0.25, 0.3) is 5.91 Å². The monoisotopic (exact) mass is 396 g/mol. The molecular formula is C22H21ClN2O3. The van der Waals surface area contributed by atoms with Crippen molar-refractivity contribution in [3.63, 3.8) is 0 Å². The highest BCUT2D eigenvalue weighted by Crippen LogP contribution is 2.46. The number of carbonyl (C=O) groups excluding carboxylic acids is 2. The Bertz CT molecular complexity index is 915. The van der Waals surface area contributed by atoms with Gasteiger partial charge < -0.3 is 4.74 Å². The van der Waals surface area contributed by atoms with Gasteiger partial charge in [0.1, 0.15) is 18.8 Å². The molecule has 2 heterocycles. The first kappa shape index (κ1) is 18.6. The smallest absolute Gasteiger partial charge is 0.412 e. The Morgan fingerprint density at radius 3 is 2.57 bits per heavy atom. The molecule has 2 amide bonds. The van der Waals surface area contributed by atoms with Gasteiger partial charge in [0, 0.05) is 11.4 Å². The fourth-order valence-corrected chi connectivity index (χ4v) is 4.07. The van der Waals surface area contributed by atoms with E-state index in [4.69, 9.17) is 16.3 Å². The van der Waals surface area contributed by atoms with Crippen LogP contribution in [0.4, 0.5) is 10.5 Å². The fraction of sp³-hybridized carbons (Fsp3) is 0.273. The second kappa shape index (κ2) is 7.68. The van der Waals surface area contributed by atoms with E-state index < -0.39 is 18.3 Å². The number of anilines is 1. The van der Waals surface area contributed by atoms with Crippen molar-refractivity contribution in [2.75, 3.05) is 10.8 Å². The molecule has 0 aliphatic carbocycles. The SMILES string of the molecule is C=C1c2ccccc2N2C(=O)[C@H](CCCCl)N(C(=O)OCc3ccccc3)[C@H]12. The van der Waals surface area contributed by atoms with Gasteiger partial charge in [0.15, 0.2) is 0 Å². The molecule has 0 radical (unpaired) electrons. The van der Waals surface area contributed by atoms with Gasteiger partial charge in [-0.05, 0) is 30.0 Å². The van der Waals surface area contributed by atoms with E-state index in [1.165, 1.54) is 4.90 Å². The summed E-state index contributed by atoms with van der Waals surface area (Å²) in [6.07, 6.45) is 0.0621. The third kappa shape index (κ3) is 3.06. The van der Waals surface area contributed by atoms with Crippen LogP contribution >= 0.6 is 11.6 Å². The van der Waals surface area contributed by atoms with Gasteiger partial charge in [0.2, 0.25) is 0 Å². The number of ether oxygens (including phenoxy) is 1. The highest BCUT2D eigenvalue weighted by molar-refractivity contribution is 6.18. The van der Waals surface area contributed by atoms with Crippen LogP contribution in [0.3, 0.4) is 0 Å². The first-order chi connectivity index (χ1) is 13.6. The molecule has 0 unspecified atom stereocenters. The molecule has 144 valence electrons. The number of nitrogens with zero attached hydrogens (tertiary/aromatic N) is 2. The number of benzene rings is 2. The molecule has 2 aliphatic heterocycles. The molecule has 28 heavy (non-hydrogen) atoms. The molecule has 0 saturated carbocycles. The van der Waals surface area contributed by atoms with Crippen LogP contribution in [0.15, 0.2) is 61.2 Å². The van der Waals surface area contributed by atoms with Gasteiger partial charge in [-0.1, -0.05) is 55.1 Å². The van der Waals surface area contributed by atoms with E-state index in [-0.39, 0.29) is 12.5 Å². The van der Waals surface area contributed by atoms with Crippen molar-refractivity contribution in [2.24, 2.45) is 0 Å². The van der Waals surface area contributed by atoms with E-state index in [0.717, 1.165) is 22.4 Å². The van der Waals surface area contributed by atoms with Crippen LogP contribution in [0, 0.1) is 0 Å². The summed E-state index contributed by atoms with van der Waals surface area (Å²) < 4.78 is 5.56. The lowest BCUT2D eigenvalue weighted by molar-refractivity contribution is -0.119. The van der Waals surface area contributed by atoms with Crippen molar-refractivity contribution in [3.05, 3.63) is 72.3 Å². The van der Waals surface area contributed by atoms with Crippen molar-refractivity contribution < 1.29 is 14.3 Å².